The first kappa shape index (κ1) is 24.8. The van der Waals surface area contributed by atoms with Crippen molar-refractivity contribution in [1.82, 2.24) is 5.32 Å². The number of halogens is 1. The van der Waals surface area contributed by atoms with Crippen LogP contribution in [0.3, 0.4) is 0 Å². The third-order valence-electron chi connectivity index (χ3n) is 4.95. The zero-order chi connectivity index (χ0) is 23.7. The minimum Gasteiger partial charge on any atom is -0.485 e. The van der Waals surface area contributed by atoms with E-state index in [-0.39, 0.29) is 11.7 Å². The van der Waals surface area contributed by atoms with Crippen LogP contribution < -0.4 is 10.1 Å². The second kappa shape index (κ2) is 9.58. The van der Waals surface area contributed by atoms with Crippen molar-refractivity contribution < 1.29 is 37.9 Å². The van der Waals surface area contributed by atoms with Crippen LogP contribution in [0.4, 0.5) is 0 Å². The minimum atomic E-state index is -4.76. The monoisotopic (exact) mass is 575 g/mol. The Labute approximate surface area is 198 Å². The lowest BCUT2D eigenvalue weighted by Gasteiger charge is -2.44. The molecule has 2 atom stereocenters. The number of fused-ring (bicyclic) bond motifs is 1. The topological polar surface area (TPSA) is 131 Å². The number of hydrogen-bond acceptors (Lipinski definition) is 6. The fraction of sp³-hybridized carbons (Fsp3) is 0.333. The highest BCUT2D eigenvalue weighted by Crippen LogP contribution is 2.43. The Morgan fingerprint density at radius 3 is 2.53 bits per heavy atom. The van der Waals surface area contributed by atoms with Gasteiger partial charge in [0.25, 0.3) is 5.91 Å². The van der Waals surface area contributed by atoms with Gasteiger partial charge in [-0.15, -0.1) is 0 Å². The molecular weight excluding hydrogens is 552 g/mol. The maximum atomic E-state index is 13.0. The fourth-order valence-electron chi connectivity index (χ4n) is 3.49. The molecule has 172 valence electrons. The Bertz CT molecular complexity index is 1080. The molecular formula is C21H23INO8P. The third kappa shape index (κ3) is 5.94. The Morgan fingerprint density at radius 1 is 1.19 bits per heavy atom. The van der Waals surface area contributed by atoms with Gasteiger partial charge in [0.15, 0.2) is 12.6 Å². The van der Waals surface area contributed by atoms with Gasteiger partial charge in [-0.05, 0) is 79.8 Å². The predicted molar refractivity (Wildman–Crippen MR) is 123 cm³/mol. The van der Waals surface area contributed by atoms with Gasteiger partial charge in [-0.3, -0.25) is 14.1 Å². The van der Waals surface area contributed by atoms with Crippen LogP contribution >= 0.6 is 30.4 Å². The van der Waals surface area contributed by atoms with Crippen molar-refractivity contribution in [2.45, 2.75) is 38.5 Å². The minimum absolute atomic E-state index is 0.164. The summed E-state index contributed by atoms with van der Waals surface area (Å²) in [6, 6.07) is 11.1. The number of amides is 1. The van der Waals surface area contributed by atoms with Crippen molar-refractivity contribution in [3.8, 4) is 5.75 Å². The lowest BCUT2D eigenvalue weighted by Crippen LogP contribution is -2.55. The van der Waals surface area contributed by atoms with Crippen LogP contribution in [0.2, 0.25) is 0 Å². The smallest absolute Gasteiger partial charge is 0.471 e. The molecule has 2 aromatic carbocycles. The number of carbonyl (C=O) groups is 2. The largest absolute Gasteiger partial charge is 0.485 e. The van der Waals surface area contributed by atoms with Gasteiger partial charge in [-0.25, -0.2) is 4.57 Å². The second-order valence-corrected chi connectivity index (χ2v) is 10.3. The maximum absolute atomic E-state index is 13.0. The highest BCUT2D eigenvalue weighted by atomic mass is 127. The molecule has 3 rings (SSSR count). The van der Waals surface area contributed by atoms with Crippen LogP contribution in [0.1, 0.15) is 53.1 Å². The summed E-state index contributed by atoms with van der Waals surface area (Å²) in [6.07, 6.45) is -0.893. The molecule has 0 aromatic heterocycles. The van der Waals surface area contributed by atoms with E-state index in [1.807, 2.05) is 6.07 Å². The van der Waals surface area contributed by atoms with Gasteiger partial charge in [0, 0.05) is 20.3 Å². The zero-order valence-corrected chi connectivity index (χ0v) is 20.6. The Balaban J connectivity index is 2.01. The number of nitrogens with one attached hydrogen (secondary N) is 1. The van der Waals surface area contributed by atoms with Crippen LogP contribution in [0.25, 0.3) is 0 Å². The molecule has 0 spiro atoms. The van der Waals surface area contributed by atoms with Crippen molar-refractivity contribution >= 4 is 42.1 Å². The number of carbonyl (C=O) groups excluding carboxylic acids is 2. The number of ketones is 1. The lowest BCUT2D eigenvalue weighted by atomic mass is 9.85. The van der Waals surface area contributed by atoms with E-state index in [1.165, 1.54) is 6.92 Å². The summed E-state index contributed by atoms with van der Waals surface area (Å²) < 4.78 is 28.1. The predicted octanol–water partition coefficient (Wildman–Crippen LogP) is 3.59. The first-order chi connectivity index (χ1) is 14.9. The summed E-state index contributed by atoms with van der Waals surface area (Å²) in [6.45, 7) is 4.15. The van der Waals surface area contributed by atoms with Gasteiger partial charge in [0.05, 0.1) is 6.04 Å². The number of rotatable bonds is 7. The molecule has 0 radical (unpaired) electrons. The molecule has 1 aliphatic rings. The van der Waals surface area contributed by atoms with Crippen LogP contribution in [-0.2, 0) is 13.8 Å². The number of benzene rings is 2. The van der Waals surface area contributed by atoms with E-state index in [2.05, 4.69) is 32.4 Å². The normalized spacial score (nSPS) is 19.6. The summed E-state index contributed by atoms with van der Waals surface area (Å²) in [7, 11) is -4.76. The molecule has 0 aliphatic carbocycles. The standard InChI is InChI=1S/C21H23INO8P/c1-12(24)13-7-8-17-16(10-13)18(23-20(25)14-5-4-6-15(22)9-14)19(21(2,3)31-17)29-11-30-32(26,27)28/h4-10,18-19H,11H2,1-3H3,(H,23,25)(H2,26,27,28)/t18-,19-/m1/s1. The first-order valence-electron chi connectivity index (χ1n) is 9.59. The molecule has 0 fully saturated rings. The van der Waals surface area contributed by atoms with E-state index in [0.29, 0.717) is 22.4 Å². The molecule has 32 heavy (non-hydrogen) atoms. The van der Waals surface area contributed by atoms with Gasteiger partial charge in [0.1, 0.15) is 17.5 Å². The van der Waals surface area contributed by atoms with Crippen LogP contribution in [0.15, 0.2) is 42.5 Å². The molecule has 1 heterocycles. The highest BCUT2D eigenvalue weighted by Gasteiger charge is 2.46. The quantitative estimate of drug-likeness (QED) is 0.198. The number of phosphoric acid groups is 1. The first-order valence-corrected chi connectivity index (χ1v) is 12.2. The SMILES string of the molecule is CC(=O)c1ccc2c(c1)[C@@H](NC(=O)c1cccc(I)c1)[C@@H](OCOP(=O)(O)O)C(C)(C)O2. The Morgan fingerprint density at radius 2 is 1.91 bits per heavy atom. The van der Waals surface area contributed by atoms with Crippen LogP contribution in [-0.4, -0.2) is 40.0 Å². The fourth-order valence-corrected chi connectivity index (χ4v) is 4.23. The summed E-state index contributed by atoms with van der Waals surface area (Å²) in [5.41, 5.74) is 0.352. The Kier molecular flexibility index (Phi) is 7.43. The molecule has 0 unspecified atom stereocenters. The second-order valence-electron chi connectivity index (χ2n) is 7.80. The molecule has 0 saturated carbocycles. The number of ether oxygens (including phenoxy) is 2. The number of hydrogen-bond donors (Lipinski definition) is 3. The van der Waals surface area contributed by atoms with E-state index < -0.39 is 32.4 Å². The van der Waals surface area contributed by atoms with Crippen LogP contribution in [0.5, 0.6) is 5.75 Å². The van der Waals surface area contributed by atoms with Gasteiger partial charge in [-0.2, -0.15) is 0 Å². The van der Waals surface area contributed by atoms with Crippen LogP contribution in [0, 0.1) is 3.57 Å². The Hall–Kier alpha value is -1.82. The van der Waals surface area contributed by atoms with E-state index in [4.69, 9.17) is 19.3 Å². The molecule has 3 N–H and O–H groups in total. The van der Waals surface area contributed by atoms with Crippen molar-refractivity contribution in [2.24, 2.45) is 0 Å². The average Bonchev–Trinajstić information content (AvgIpc) is 2.68. The van der Waals surface area contributed by atoms with Gasteiger partial charge in [0.2, 0.25) is 0 Å². The lowest BCUT2D eigenvalue weighted by molar-refractivity contribution is -0.141. The number of phosphoric ester groups is 1. The summed E-state index contributed by atoms with van der Waals surface area (Å²) in [4.78, 5) is 43.0. The maximum Gasteiger partial charge on any atom is 0.471 e. The molecule has 1 aliphatic heterocycles. The highest BCUT2D eigenvalue weighted by molar-refractivity contribution is 14.1. The van der Waals surface area contributed by atoms with Crippen molar-refractivity contribution in [3.63, 3.8) is 0 Å². The van der Waals surface area contributed by atoms with E-state index in [1.54, 1.807) is 50.2 Å². The van der Waals surface area contributed by atoms with Crippen molar-refractivity contribution in [3.05, 3.63) is 62.7 Å². The van der Waals surface area contributed by atoms with E-state index in [0.717, 1.165) is 3.57 Å². The van der Waals surface area contributed by atoms with E-state index in [9.17, 15) is 14.2 Å². The van der Waals surface area contributed by atoms with Gasteiger partial charge >= 0.3 is 7.82 Å². The molecule has 0 bridgehead atoms. The molecule has 0 saturated heterocycles. The molecule has 9 nitrogen and oxygen atoms in total. The average molecular weight is 575 g/mol. The summed E-state index contributed by atoms with van der Waals surface area (Å²) >= 11 is 2.10. The summed E-state index contributed by atoms with van der Waals surface area (Å²) in [5.74, 6) is -0.0822. The van der Waals surface area contributed by atoms with E-state index >= 15 is 0 Å². The number of Topliss-reactive ketones (excluding diaryl/α,β-unsaturated/α-hetero) is 1. The zero-order valence-electron chi connectivity index (χ0n) is 17.6. The van der Waals surface area contributed by atoms with Gasteiger partial charge < -0.3 is 24.6 Å². The molecule has 11 heteroatoms. The summed E-state index contributed by atoms with van der Waals surface area (Å²) in [5, 5.41) is 2.93. The van der Waals surface area contributed by atoms with Gasteiger partial charge in [-0.1, -0.05) is 6.07 Å². The molecule has 2 aromatic rings. The third-order valence-corrected chi connectivity index (χ3v) is 6.07. The molecule has 1 amide bonds. The van der Waals surface area contributed by atoms with Crippen molar-refractivity contribution in [2.75, 3.05) is 6.79 Å². The van der Waals surface area contributed by atoms with Crippen molar-refractivity contribution in [1.29, 1.82) is 0 Å².